The highest BCUT2D eigenvalue weighted by atomic mass is 32.2. The Bertz CT molecular complexity index is 515. The largest absolute Gasteiger partial charge is 0.479 e. The molecule has 6 nitrogen and oxygen atoms in total. The number of carbonyl (C=O) groups excluding carboxylic acids is 2. The van der Waals surface area contributed by atoms with Crippen LogP contribution in [0.15, 0.2) is 30.3 Å². The van der Waals surface area contributed by atoms with Gasteiger partial charge in [-0.25, -0.2) is 4.79 Å². The first-order valence-corrected chi connectivity index (χ1v) is 7.37. The van der Waals surface area contributed by atoms with E-state index in [1.807, 2.05) is 6.07 Å². The maximum atomic E-state index is 11.8. The number of hydrogen-bond acceptors (Lipinski definition) is 5. The van der Waals surface area contributed by atoms with Crippen LogP contribution in [0.5, 0.6) is 0 Å². The van der Waals surface area contributed by atoms with E-state index in [0.717, 1.165) is 18.7 Å². The number of benzene rings is 1. The Hall–Kier alpha value is -1.86. The van der Waals surface area contributed by atoms with Gasteiger partial charge in [0.1, 0.15) is 0 Å². The molecule has 1 atom stereocenters. The quantitative estimate of drug-likeness (QED) is 0.606. The Morgan fingerprint density at radius 3 is 2.38 bits per heavy atom. The van der Waals surface area contributed by atoms with Gasteiger partial charge in [-0.15, -0.1) is 11.8 Å². The first-order valence-electron chi connectivity index (χ1n) is 6.21. The van der Waals surface area contributed by atoms with Crippen molar-refractivity contribution in [3.05, 3.63) is 35.9 Å². The fourth-order valence-corrected chi connectivity index (χ4v) is 2.08. The van der Waals surface area contributed by atoms with E-state index < -0.39 is 17.5 Å². The molecule has 1 aromatic carbocycles. The number of nitrogens with one attached hydrogen (secondary N) is 1. The monoisotopic (exact) mass is 311 g/mol. The Labute approximate surface area is 126 Å². The molecule has 1 amide bonds. The molecule has 0 fully saturated rings. The van der Waals surface area contributed by atoms with E-state index in [1.54, 1.807) is 24.3 Å². The molecular formula is C14H17NO5S. The lowest BCUT2D eigenvalue weighted by Crippen LogP contribution is -2.47. The molecule has 1 aromatic rings. The molecule has 7 heteroatoms. The highest BCUT2D eigenvalue weighted by Gasteiger charge is 2.30. The molecule has 114 valence electrons. The Morgan fingerprint density at radius 1 is 1.19 bits per heavy atom. The van der Waals surface area contributed by atoms with Gasteiger partial charge < -0.3 is 15.5 Å². The van der Waals surface area contributed by atoms with Crippen LogP contribution in [0, 0.1) is 0 Å². The minimum absolute atomic E-state index is 0.0221. The van der Waals surface area contributed by atoms with Gasteiger partial charge in [0.15, 0.2) is 11.4 Å². The van der Waals surface area contributed by atoms with E-state index in [4.69, 9.17) is 5.11 Å². The smallest absolute Gasteiger partial charge is 0.337 e. The zero-order chi connectivity index (χ0) is 15.9. The average Bonchev–Trinajstić information content (AvgIpc) is 2.46. The van der Waals surface area contributed by atoms with Crippen LogP contribution in [-0.2, 0) is 9.59 Å². The third kappa shape index (κ3) is 5.97. The summed E-state index contributed by atoms with van der Waals surface area (Å²) in [5.41, 5.74) is -1.42. The minimum atomic E-state index is -2.00. The van der Waals surface area contributed by atoms with Gasteiger partial charge in [0.05, 0.1) is 18.1 Å². The summed E-state index contributed by atoms with van der Waals surface area (Å²) in [7, 11) is 0. The number of thioether (sulfide) groups is 1. The first-order chi connectivity index (χ1) is 9.83. The molecule has 0 aliphatic rings. The van der Waals surface area contributed by atoms with Crippen molar-refractivity contribution in [2.24, 2.45) is 0 Å². The SMILES string of the molecule is CC(O)(CNC(=O)CSCC(=O)c1ccccc1)C(=O)O. The van der Waals surface area contributed by atoms with Crippen LogP contribution >= 0.6 is 11.8 Å². The molecule has 0 aliphatic carbocycles. The summed E-state index contributed by atoms with van der Waals surface area (Å²) >= 11 is 1.13. The summed E-state index contributed by atoms with van der Waals surface area (Å²) in [6.45, 7) is 0.718. The van der Waals surface area contributed by atoms with E-state index in [-0.39, 0.29) is 23.8 Å². The fourth-order valence-electron chi connectivity index (χ4n) is 1.34. The number of aliphatic hydroxyl groups is 1. The summed E-state index contributed by atoms with van der Waals surface area (Å²) in [6.07, 6.45) is 0. The molecule has 3 N–H and O–H groups in total. The van der Waals surface area contributed by atoms with Gasteiger partial charge in [-0.1, -0.05) is 30.3 Å². The second-order valence-corrected chi connectivity index (χ2v) is 5.62. The predicted octanol–water partition coefficient (Wildman–Crippen LogP) is 0.554. The molecule has 0 saturated carbocycles. The van der Waals surface area contributed by atoms with Crippen molar-refractivity contribution >= 4 is 29.4 Å². The van der Waals surface area contributed by atoms with Crippen LogP contribution in [0.4, 0.5) is 0 Å². The molecule has 0 saturated heterocycles. The summed E-state index contributed by atoms with van der Waals surface area (Å²) < 4.78 is 0. The first kappa shape index (κ1) is 17.2. The summed E-state index contributed by atoms with van der Waals surface area (Å²) in [5, 5.41) is 20.4. The highest BCUT2D eigenvalue weighted by Crippen LogP contribution is 2.07. The van der Waals surface area contributed by atoms with Crippen molar-refractivity contribution in [3.63, 3.8) is 0 Å². The Balaban J connectivity index is 2.28. The highest BCUT2D eigenvalue weighted by molar-refractivity contribution is 8.00. The van der Waals surface area contributed by atoms with Gasteiger partial charge in [-0.3, -0.25) is 9.59 Å². The van der Waals surface area contributed by atoms with Crippen molar-refractivity contribution < 1.29 is 24.6 Å². The summed E-state index contributed by atoms with van der Waals surface area (Å²) in [4.78, 5) is 33.9. The summed E-state index contributed by atoms with van der Waals surface area (Å²) in [5.74, 6) is -1.73. The van der Waals surface area contributed by atoms with Crippen LogP contribution < -0.4 is 5.32 Å². The lowest BCUT2D eigenvalue weighted by molar-refractivity contribution is -0.156. The molecule has 1 unspecified atom stereocenters. The molecule has 0 aliphatic heterocycles. The lowest BCUT2D eigenvalue weighted by Gasteiger charge is -2.18. The third-order valence-corrected chi connectivity index (χ3v) is 3.59. The topological polar surface area (TPSA) is 104 Å². The summed E-state index contributed by atoms with van der Waals surface area (Å²) in [6, 6.07) is 8.74. The van der Waals surface area contributed by atoms with Gasteiger partial charge in [-0.2, -0.15) is 0 Å². The maximum Gasteiger partial charge on any atom is 0.337 e. The number of carboxylic acid groups (broad SMARTS) is 1. The van der Waals surface area contributed by atoms with Crippen LogP contribution in [0.3, 0.4) is 0 Å². The number of carbonyl (C=O) groups is 3. The van der Waals surface area contributed by atoms with E-state index in [2.05, 4.69) is 5.32 Å². The second-order valence-electron chi connectivity index (χ2n) is 4.64. The molecule has 0 radical (unpaired) electrons. The van der Waals surface area contributed by atoms with Crippen molar-refractivity contribution in [3.8, 4) is 0 Å². The zero-order valence-corrected chi connectivity index (χ0v) is 12.4. The van der Waals surface area contributed by atoms with Gasteiger partial charge >= 0.3 is 5.97 Å². The van der Waals surface area contributed by atoms with E-state index >= 15 is 0 Å². The van der Waals surface area contributed by atoms with Crippen LogP contribution in [0.1, 0.15) is 17.3 Å². The molecule has 0 heterocycles. The van der Waals surface area contributed by atoms with Crippen molar-refractivity contribution in [2.75, 3.05) is 18.1 Å². The number of carboxylic acids is 1. The van der Waals surface area contributed by atoms with Crippen LogP contribution in [0.2, 0.25) is 0 Å². The van der Waals surface area contributed by atoms with E-state index in [1.165, 1.54) is 0 Å². The predicted molar refractivity (Wildman–Crippen MR) is 79.4 cm³/mol. The zero-order valence-electron chi connectivity index (χ0n) is 11.5. The molecule has 1 rings (SSSR count). The Morgan fingerprint density at radius 2 is 1.81 bits per heavy atom. The molecular weight excluding hydrogens is 294 g/mol. The molecule has 21 heavy (non-hydrogen) atoms. The average molecular weight is 311 g/mol. The number of rotatable bonds is 8. The lowest BCUT2D eigenvalue weighted by atomic mass is 10.1. The number of ketones is 1. The van der Waals surface area contributed by atoms with Gasteiger partial charge in [-0.05, 0) is 6.92 Å². The number of amides is 1. The van der Waals surface area contributed by atoms with Crippen molar-refractivity contribution in [2.45, 2.75) is 12.5 Å². The second kappa shape index (κ2) is 7.80. The Kier molecular flexibility index (Phi) is 6.39. The van der Waals surface area contributed by atoms with Gasteiger partial charge in [0.25, 0.3) is 0 Å². The van der Waals surface area contributed by atoms with Gasteiger partial charge in [0.2, 0.25) is 5.91 Å². The van der Waals surface area contributed by atoms with Crippen molar-refractivity contribution in [1.82, 2.24) is 5.32 Å². The van der Waals surface area contributed by atoms with Crippen molar-refractivity contribution in [1.29, 1.82) is 0 Å². The standard InChI is InChI=1S/C14H17NO5S/c1-14(20,13(18)19)9-15-12(17)8-21-7-11(16)10-5-3-2-4-6-10/h2-6,20H,7-9H2,1H3,(H,15,17)(H,18,19). The van der Waals surface area contributed by atoms with Crippen LogP contribution in [0.25, 0.3) is 0 Å². The normalized spacial score (nSPS) is 13.2. The van der Waals surface area contributed by atoms with Crippen LogP contribution in [-0.4, -0.2) is 51.5 Å². The number of Topliss-reactive ketones (excluding diaryl/α,β-unsaturated/α-hetero) is 1. The molecule has 0 bridgehead atoms. The number of aliphatic carboxylic acids is 1. The molecule has 0 spiro atoms. The minimum Gasteiger partial charge on any atom is -0.479 e. The molecule has 0 aromatic heterocycles. The fraction of sp³-hybridized carbons (Fsp3) is 0.357. The maximum absolute atomic E-state index is 11.8. The number of hydrogen-bond donors (Lipinski definition) is 3. The van der Waals surface area contributed by atoms with Gasteiger partial charge in [0, 0.05) is 5.56 Å². The van der Waals surface area contributed by atoms with E-state index in [0.29, 0.717) is 5.56 Å². The van der Waals surface area contributed by atoms with E-state index in [9.17, 15) is 19.5 Å². The third-order valence-electron chi connectivity index (χ3n) is 2.65.